The highest BCUT2D eigenvalue weighted by Crippen LogP contribution is 2.63. The molecule has 1 aromatic rings. The standard InChI is InChI=1S/C21H30O7/c1-6-7-20-10-14(22)15(23)11-21(20,24)28-18(12(20)2)13-8-16(25-3)19(27-5)17(9-13)26-4/h6,8-9,12,14-15,18,22-24H,1,7,10-11H2,2-5H3. The van der Waals surface area contributed by atoms with Crippen LogP contribution in [0.15, 0.2) is 24.8 Å². The van der Waals surface area contributed by atoms with Crippen LogP contribution in [-0.2, 0) is 4.74 Å². The fraction of sp³-hybridized carbons (Fsp3) is 0.619. The minimum Gasteiger partial charge on any atom is -0.493 e. The maximum absolute atomic E-state index is 11.4. The Labute approximate surface area is 165 Å². The molecule has 2 fully saturated rings. The van der Waals surface area contributed by atoms with Gasteiger partial charge in [0.15, 0.2) is 17.3 Å². The van der Waals surface area contributed by atoms with Crippen molar-refractivity contribution < 1.29 is 34.3 Å². The highest BCUT2D eigenvalue weighted by atomic mass is 16.6. The molecule has 0 radical (unpaired) electrons. The van der Waals surface area contributed by atoms with Gasteiger partial charge in [-0.3, -0.25) is 0 Å². The van der Waals surface area contributed by atoms with Crippen LogP contribution in [0.25, 0.3) is 0 Å². The molecule has 3 N–H and O–H groups in total. The van der Waals surface area contributed by atoms with Gasteiger partial charge in [-0.2, -0.15) is 0 Å². The van der Waals surface area contributed by atoms with Gasteiger partial charge in [-0.15, -0.1) is 6.58 Å². The molecule has 2 aliphatic rings. The second kappa shape index (κ2) is 7.55. The van der Waals surface area contributed by atoms with Gasteiger partial charge in [-0.25, -0.2) is 0 Å². The Bertz CT molecular complexity index is 710. The number of allylic oxidation sites excluding steroid dienone is 1. The van der Waals surface area contributed by atoms with E-state index < -0.39 is 29.5 Å². The van der Waals surface area contributed by atoms with Gasteiger partial charge in [0.25, 0.3) is 0 Å². The maximum atomic E-state index is 11.4. The van der Waals surface area contributed by atoms with Crippen molar-refractivity contribution in [1.82, 2.24) is 0 Å². The average Bonchev–Trinajstić information content (AvgIpc) is 2.89. The van der Waals surface area contributed by atoms with Crippen molar-refractivity contribution in [2.75, 3.05) is 21.3 Å². The second-order valence-corrected chi connectivity index (χ2v) is 7.76. The lowest BCUT2D eigenvalue weighted by atomic mass is 9.59. The van der Waals surface area contributed by atoms with Crippen LogP contribution in [0.3, 0.4) is 0 Å². The van der Waals surface area contributed by atoms with E-state index in [-0.39, 0.29) is 18.8 Å². The molecule has 0 bridgehead atoms. The van der Waals surface area contributed by atoms with Crippen molar-refractivity contribution in [2.45, 2.75) is 50.3 Å². The molecule has 7 nitrogen and oxygen atoms in total. The summed E-state index contributed by atoms with van der Waals surface area (Å²) in [6.07, 6.45) is -0.122. The summed E-state index contributed by atoms with van der Waals surface area (Å²) in [4.78, 5) is 0. The number of aliphatic hydroxyl groups excluding tert-OH is 2. The third kappa shape index (κ3) is 2.97. The molecule has 1 saturated carbocycles. The Morgan fingerprint density at radius 1 is 1.11 bits per heavy atom. The Morgan fingerprint density at radius 2 is 1.68 bits per heavy atom. The number of hydrogen-bond acceptors (Lipinski definition) is 7. The molecule has 1 aliphatic carbocycles. The Balaban J connectivity index is 2.09. The van der Waals surface area contributed by atoms with Crippen LogP contribution in [0, 0.1) is 11.3 Å². The fourth-order valence-electron chi connectivity index (χ4n) is 4.91. The molecule has 156 valence electrons. The SMILES string of the molecule is C=CCC12CC(O)C(O)CC1(O)OC(c1cc(OC)c(OC)c(OC)c1)C2C. The van der Waals surface area contributed by atoms with Crippen LogP contribution in [0.2, 0.25) is 0 Å². The number of benzene rings is 1. The second-order valence-electron chi connectivity index (χ2n) is 7.76. The molecule has 1 aliphatic heterocycles. The first-order valence-corrected chi connectivity index (χ1v) is 9.44. The monoisotopic (exact) mass is 394 g/mol. The van der Waals surface area contributed by atoms with E-state index in [4.69, 9.17) is 18.9 Å². The maximum Gasteiger partial charge on any atom is 0.203 e. The lowest BCUT2D eigenvalue weighted by Crippen LogP contribution is -2.57. The molecule has 0 amide bonds. The Hall–Kier alpha value is -1.80. The summed E-state index contributed by atoms with van der Waals surface area (Å²) in [6.45, 7) is 5.81. The van der Waals surface area contributed by atoms with Gasteiger partial charge in [0.2, 0.25) is 5.75 Å². The van der Waals surface area contributed by atoms with E-state index in [9.17, 15) is 15.3 Å². The zero-order valence-electron chi connectivity index (χ0n) is 16.8. The van der Waals surface area contributed by atoms with Crippen molar-refractivity contribution >= 4 is 0 Å². The average molecular weight is 394 g/mol. The van der Waals surface area contributed by atoms with Crippen molar-refractivity contribution in [1.29, 1.82) is 0 Å². The van der Waals surface area contributed by atoms with Crippen LogP contribution in [0.5, 0.6) is 17.2 Å². The fourth-order valence-corrected chi connectivity index (χ4v) is 4.91. The molecule has 7 heteroatoms. The van der Waals surface area contributed by atoms with E-state index in [0.717, 1.165) is 5.56 Å². The van der Waals surface area contributed by atoms with Crippen molar-refractivity contribution in [2.24, 2.45) is 11.3 Å². The van der Waals surface area contributed by atoms with Gasteiger partial charge in [-0.1, -0.05) is 13.0 Å². The van der Waals surface area contributed by atoms with E-state index in [2.05, 4.69) is 6.58 Å². The molecule has 6 atom stereocenters. The predicted molar refractivity (Wildman–Crippen MR) is 103 cm³/mol. The summed E-state index contributed by atoms with van der Waals surface area (Å²) in [5.41, 5.74) is -0.00408. The van der Waals surface area contributed by atoms with E-state index in [1.54, 1.807) is 32.4 Å². The molecular weight excluding hydrogens is 364 g/mol. The Kier molecular flexibility index (Phi) is 5.64. The van der Waals surface area contributed by atoms with Crippen LogP contribution in [-0.4, -0.2) is 54.6 Å². The highest BCUT2D eigenvalue weighted by molar-refractivity contribution is 5.54. The molecule has 1 saturated heterocycles. The quantitative estimate of drug-likeness (QED) is 0.636. The Morgan fingerprint density at radius 3 is 2.18 bits per heavy atom. The summed E-state index contributed by atoms with van der Waals surface area (Å²) in [6, 6.07) is 3.61. The predicted octanol–water partition coefficient (Wildman–Crippen LogP) is 2.19. The summed E-state index contributed by atoms with van der Waals surface area (Å²) in [7, 11) is 4.62. The van der Waals surface area contributed by atoms with Gasteiger partial charge in [0.1, 0.15) is 0 Å². The first-order valence-electron chi connectivity index (χ1n) is 9.44. The summed E-state index contributed by atoms with van der Waals surface area (Å²) < 4.78 is 22.5. The zero-order chi connectivity index (χ0) is 20.7. The number of methoxy groups -OCH3 is 3. The molecule has 3 rings (SSSR count). The molecule has 6 unspecified atom stereocenters. The van der Waals surface area contributed by atoms with Gasteiger partial charge >= 0.3 is 0 Å². The number of fused-ring (bicyclic) bond motifs is 1. The summed E-state index contributed by atoms with van der Waals surface area (Å²) in [5.74, 6) is -0.285. The van der Waals surface area contributed by atoms with E-state index in [1.807, 2.05) is 6.92 Å². The minimum absolute atomic E-state index is 0.0622. The number of rotatable bonds is 6. The largest absolute Gasteiger partial charge is 0.493 e. The first kappa shape index (κ1) is 20.9. The molecule has 28 heavy (non-hydrogen) atoms. The first-order chi connectivity index (χ1) is 13.3. The molecular formula is C21H30O7. The smallest absolute Gasteiger partial charge is 0.203 e. The summed E-state index contributed by atoms with van der Waals surface area (Å²) >= 11 is 0. The van der Waals surface area contributed by atoms with Crippen molar-refractivity contribution in [3.63, 3.8) is 0 Å². The van der Waals surface area contributed by atoms with Gasteiger partial charge in [0.05, 0.1) is 39.6 Å². The number of hydrogen-bond donors (Lipinski definition) is 3. The van der Waals surface area contributed by atoms with Crippen LogP contribution >= 0.6 is 0 Å². The van der Waals surface area contributed by atoms with Crippen LogP contribution in [0.4, 0.5) is 0 Å². The number of ether oxygens (including phenoxy) is 4. The third-order valence-electron chi connectivity index (χ3n) is 6.45. The molecule has 1 heterocycles. The van der Waals surface area contributed by atoms with Crippen molar-refractivity contribution in [3.8, 4) is 17.2 Å². The van der Waals surface area contributed by atoms with Crippen LogP contribution < -0.4 is 14.2 Å². The van der Waals surface area contributed by atoms with Crippen LogP contribution in [0.1, 0.15) is 37.9 Å². The third-order valence-corrected chi connectivity index (χ3v) is 6.45. The van der Waals surface area contributed by atoms with E-state index in [0.29, 0.717) is 23.7 Å². The zero-order valence-corrected chi connectivity index (χ0v) is 16.8. The van der Waals surface area contributed by atoms with Gasteiger partial charge in [0, 0.05) is 11.8 Å². The molecule has 0 spiro atoms. The number of aliphatic hydroxyl groups is 3. The topological polar surface area (TPSA) is 97.6 Å². The van der Waals surface area contributed by atoms with Gasteiger partial charge < -0.3 is 34.3 Å². The highest BCUT2D eigenvalue weighted by Gasteiger charge is 2.66. The molecule has 1 aromatic carbocycles. The van der Waals surface area contributed by atoms with Crippen molar-refractivity contribution in [3.05, 3.63) is 30.4 Å². The summed E-state index contributed by atoms with van der Waals surface area (Å²) in [5, 5.41) is 31.9. The molecule has 0 aromatic heterocycles. The lowest BCUT2D eigenvalue weighted by molar-refractivity contribution is -0.285. The van der Waals surface area contributed by atoms with Gasteiger partial charge in [-0.05, 0) is 36.5 Å². The lowest BCUT2D eigenvalue weighted by Gasteiger charge is -2.49. The minimum atomic E-state index is -1.58. The van der Waals surface area contributed by atoms with E-state index in [1.165, 1.54) is 7.11 Å². The normalized spacial score (nSPS) is 37.2. The van der Waals surface area contributed by atoms with E-state index >= 15 is 0 Å².